The standard InChI is InChI=1S/C24H25FN2O4S/c1-17-8-9-20(14-18(17)2)26-24(28)16-31-22-12-10-21(11-13-22)27(32(3,29)30)15-19-6-4-5-7-23(19)25/h4-14H,15-16H2,1-3H3,(H,26,28). The number of nitrogens with one attached hydrogen (secondary N) is 1. The summed E-state index contributed by atoms with van der Waals surface area (Å²) in [6, 6.07) is 17.9. The minimum Gasteiger partial charge on any atom is -0.484 e. The molecule has 0 unspecified atom stereocenters. The molecule has 0 aromatic heterocycles. The van der Waals surface area contributed by atoms with Crippen LogP contribution in [-0.2, 0) is 21.4 Å². The first-order valence-electron chi connectivity index (χ1n) is 9.94. The van der Waals surface area contributed by atoms with Gasteiger partial charge in [0.05, 0.1) is 18.5 Å². The predicted octanol–water partition coefficient (Wildman–Crippen LogP) is 4.43. The molecule has 1 N–H and O–H groups in total. The Balaban J connectivity index is 1.65. The van der Waals surface area contributed by atoms with E-state index in [1.165, 1.54) is 6.07 Å². The van der Waals surface area contributed by atoms with E-state index in [4.69, 9.17) is 4.74 Å². The van der Waals surface area contributed by atoms with E-state index in [0.717, 1.165) is 21.7 Å². The van der Waals surface area contributed by atoms with E-state index in [1.807, 2.05) is 32.0 Å². The quantitative estimate of drug-likeness (QED) is 0.544. The third kappa shape index (κ3) is 6.07. The molecule has 32 heavy (non-hydrogen) atoms. The molecule has 0 radical (unpaired) electrons. The second kappa shape index (κ2) is 9.82. The topological polar surface area (TPSA) is 75.7 Å². The SMILES string of the molecule is Cc1ccc(NC(=O)COc2ccc(N(Cc3ccccc3F)S(C)(=O)=O)cc2)cc1C. The van der Waals surface area contributed by atoms with Gasteiger partial charge in [0.2, 0.25) is 10.0 Å². The highest BCUT2D eigenvalue weighted by atomic mass is 32.2. The predicted molar refractivity (Wildman–Crippen MR) is 124 cm³/mol. The van der Waals surface area contributed by atoms with Crippen molar-refractivity contribution in [3.63, 3.8) is 0 Å². The molecule has 0 saturated carbocycles. The monoisotopic (exact) mass is 456 g/mol. The van der Waals surface area contributed by atoms with Gasteiger partial charge in [-0.2, -0.15) is 0 Å². The summed E-state index contributed by atoms with van der Waals surface area (Å²) in [6.45, 7) is 3.63. The number of ether oxygens (including phenoxy) is 1. The first-order chi connectivity index (χ1) is 15.1. The van der Waals surface area contributed by atoms with Crippen LogP contribution in [0.2, 0.25) is 0 Å². The Morgan fingerprint density at radius 2 is 1.69 bits per heavy atom. The highest BCUT2D eigenvalue weighted by molar-refractivity contribution is 7.92. The third-order valence-electron chi connectivity index (χ3n) is 4.96. The average Bonchev–Trinajstić information content (AvgIpc) is 2.74. The third-order valence-corrected chi connectivity index (χ3v) is 6.10. The maximum atomic E-state index is 14.0. The van der Waals surface area contributed by atoms with Crippen molar-refractivity contribution in [2.24, 2.45) is 0 Å². The number of anilines is 2. The Morgan fingerprint density at radius 3 is 2.31 bits per heavy atom. The number of hydrogen-bond acceptors (Lipinski definition) is 4. The van der Waals surface area contributed by atoms with Gasteiger partial charge in [-0.3, -0.25) is 9.10 Å². The lowest BCUT2D eigenvalue weighted by molar-refractivity contribution is -0.118. The smallest absolute Gasteiger partial charge is 0.262 e. The Labute approximate surface area is 187 Å². The van der Waals surface area contributed by atoms with E-state index in [9.17, 15) is 17.6 Å². The minimum absolute atomic E-state index is 0.135. The number of hydrogen-bond donors (Lipinski definition) is 1. The summed E-state index contributed by atoms with van der Waals surface area (Å²) >= 11 is 0. The van der Waals surface area contributed by atoms with Crippen LogP contribution in [0.15, 0.2) is 66.7 Å². The molecule has 1 amide bonds. The van der Waals surface area contributed by atoms with Crippen LogP contribution >= 0.6 is 0 Å². The fourth-order valence-corrected chi connectivity index (χ4v) is 3.93. The van der Waals surface area contributed by atoms with Gasteiger partial charge in [0, 0.05) is 11.3 Å². The molecule has 0 bridgehead atoms. The largest absolute Gasteiger partial charge is 0.484 e. The van der Waals surface area contributed by atoms with Crippen LogP contribution in [0.1, 0.15) is 16.7 Å². The maximum absolute atomic E-state index is 14.0. The zero-order valence-electron chi connectivity index (χ0n) is 18.1. The molecule has 168 valence electrons. The summed E-state index contributed by atoms with van der Waals surface area (Å²) in [7, 11) is -3.65. The molecule has 6 nitrogen and oxygen atoms in total. The molecule has 0 aliphatic carbocycles. The fraction of sp³-hybridized carbons (Fsp3) is 0.208. The molecule has 8 heteroatoms. The van der Waals surface area contributed by atoms with E-state index < -0.39 is 15.8 Å². The van der Waals surface area contributed by atoms with Crippen molar-refractivity contribution in [3.05, 3.63) is 89.2 Å². The minimum atomic E-state index is -3.65. The number of carbonyl (C=O) groups excluding carboxylic acids is 1. The number of rotatable bonds is 8. The van der Waals surface area contributed by atoms with E-state index in [0.29, 0.717) is 17.1 Å². The van der Waals surface area contributed by atoms with Crippen LogP contribution in [0.5, 0.6) is 5.75 Å². The van der Waals surface area contributed by atoms with Gasteiger partial charge in [-0.1, -0.05) is 24.3 Å². The molecule has 3 rings (SSSR count). The Kier molecular flexibility index (Phi) is 7.15. The number of sulfonamides is 1. The van der Waals surface area contributed by atoms with Crippen molar-refractivity contribution in [2.45, 2.75) is 20.4 Å². The van der Waals surface area contributed by atoms with E-state index in [1.54, 1.807) is 42.5 Å². The molecule has 3 aromatic rings. The molecule has 0 aliphatic heterocycles. The number of aryl methyl sites for hydroxylation is 2. The van der Waals surface area contributed by atoms with Gasteiger partial charge in [0.15, 0.2) is 6.61 Å². The summed E-state index contributed by atoms with van der Waals surface area (Å²) in [5.74, 6) is -0.381. The normalized spacial score (nSPS) is 11.1. The summed E-state index contributed by atoms with van der Waals surface area (Å²) in [6.07, 6.45) is 1.06. The summed E-state index contributed by atoms with van der Waals surface area (Å²) < 4.78 is 45.2. The fourth-order valence-electron chi connectivity index (χ4n) is 3.06. The van der Waals surface area contributed by atoms with E-state index in [2.05, 4.69) is 5.32 Å². The van der Waals surface area contributed by atoms with Crippen molar-refractivity contribution in [1.29, 1.82) is 0 Å². The average molecular weight is 457 g/mol. The Morgan fingerprint density at radius 1 is 1.00 bits per heavy atom. The zero-order valence-corrected chi connectivity index (χ0v) is 18.9. The maximum Gasteiger partial charge on any atom is 0.262 e. The Hall–Kier alpha value is -3.39. The summed E-state index contributed by atoms with van der Waals surface area (Å²) in [5.41, 5.74) is 3.53. The number of amides is 1. The molecule has 3 aromatic carbocycles. The molecule has 0 saturated heterocycles. The van der Waals surface area contributed by atoms with Crippen LogP contribution in [0.3, 0.4) is 0 Å². The van der Waals surface area contributed by atoms with Crippen molar-refractivity contribution < 1.29 is 22.3 Å². The van der Waals surface area contributed by atoms with Crippen molar-refractivity contribution in [2.75, 3.05) is 22.5 Å². The number of benzene rings is 3. The van der Waals surface area contributed by atoms with Crippen molar-refractivity contribution in [3.8, 4) is 5.75 Å². The Bertz CT molecular complexity index is 1210. The highest BCUT2D eigenvalue weighted by Gasteiger charge is 2.19. The second-order valence-corrected chi connectivity index (χ2v) is 9.40. The van der Waals surface area contributed by atoms with Gasteiger partial charge < -0.3 is 10.1 Å². The lowest BCUT2D eigenvalue weighted by Crippen LogP contribution is -2.29. The van der Waals surface area contributed by atoms with E-state index in [-0.39, 0.29) is 24.6 Å². The second-order valence-electron chi connectivity index (χ2n) is 7.49. The molecular weight excluding hydrogens is 431 g/mol. The first kappa shape index (κ1) is 23.3. The van der Waals surface area contributed by atoms with Crippen molar-refractivity contribution >= 4 is 27.3 Å². The van der Waals surface area contributed by atoms with Gasteiger partial charge in [-0.25, -0.2) is 12.8 Å². The highest BCUT2D eigenvalue weighted by Crippen LogP contribution is 2.24. The molecule has 0 heterocycles. The van der Waals surface area contributed by atoms with Crippen LogP contribution in [0.4, 0.5) is 15.8 Å². The van der Waals surface area contributed by atoms with Crippen LogP contribution in [0, 0.1) is 19.7 Å². The van der Waals surface area contributed by atoms with Gasteiger partial charge >= 0.3 is 0 Å². The van der Waals surface area contributed by atoms with Crippen LogP contribution < -0.4 is 14.4 Å². The molecule has 0 spiro atoms. The lowest BCUT2D eigenvalue weighted by Gasteiger charge is -2.23. The first-order valence-corrected chi connectivity index (χ1v) is 11.8. The summed E-state index contributed by atoms with van der Waals surface area (Å²) in [4.78, 5) is 12.2. The molecule has 0 atom stereocenters. The molecule has 0 fully saturated rings. The van der Waals surface area contributed by atoms with Crippen LogP contribution in [-0.4, -0.2) is 27.2 Å². The summed E-state index contributed by atoms with van der Waals surface area (Å²) in [5, 5.41) is 2.78. The van der Waals surface area contributed by atoms with E-state index >= 15 is 0 Å². The molecule has 0 aliphatic rings. The zero-order chi connectivity index (χ0) is 23.3. The van der Waals surface area contributed by atoms with Gasteiger partial charge in [-0.05, 0) is 67.4 Å². The van der Waals surface area contributed by atoms with Crippen LogP contribution in [0.25, 0.3) is 0 Å². The van der Waals surface area contributed by atoms with Crippen molar-refractivity contribution in [1.82, 2.24) is 0 Å². The number of nitrogens with zero attached hydrogens (tertiary/aromatic N) is 1. The van der Waals surface area contributed by atoms with Gasteiger partial charge in [-0.15, -0.1) is 0 Å². The number of carbonyl (C=O) groups is 1. The van der Waals surface area contributed by atoms with Gasteiger partial charge in [0.25, 0.3) is 5.91 Å². The lowest BCUT2D eigenvalue weighted by atomic mass is 10.1. The molecular formula is C24H25FN2O4S. The van der Waals surface area contributed by atoms with Gasteiger partial charge in [0.1, 0.15) is 11.6 Å². The number of halogens is 1.